The van der Waals surface area contributed by atoms with Crippen molar-refractivity contribution in [3.05, 3.63) is 29.1 Å². The van der Waals surface area contributed by atoms with Gasteiger partial charge in [-0.25, -0.2) is 4.98 Å². The van der Waals surface area contributed by atoms with Crippen molar-refractivity contribution in [2.75, 3.05) is 0 Å². The monoisotopic (exact) mass is 450 g/mol. The largest absolute Gasteiger partial charge is 0.489 e. The summed E-state index contributed by atoms with van der Waals surface area (Å²) in [5, 5.41) is 4.69. The third-order valence-electron chi connectivity index (χ3n) is 4.99. The van der Waals surface area contributed by atoms with Gasteiger partial charge in [-0.1, -0.05) is 21.1 Å². The third kappa shape index (κ3) is 4.74. The minimum absolute atomic E-state index is 0.00422. The Balaban J connectivity index is 1.70. The van der Waals surface area contributed by atoms with Crippen molar-refractivity contribution in [2.24, 2.45) is 5.92 Å². The van der Waals surface area contributed by atoms with Crippen molar-refractivity contribution in [3.63, 3.8) is 0 Å². The first kappa shape index (κ1) is 20.8. The molecule has 0 aromatic carbocycles. The third-order valence-corrected chi connectivity index (χ3v) is 5.55. The first-order chi connectivity index (χ1) is 13.4. The highest BCUT2D eigenvalue weighted by Gasteiger charge is 2.30. The van der Waals surface area contributed by atoms with Crippen LogP contribution in [0.3, 0.4) is 0 Å². The van der Waals surface area contributed by atoms with E-state index in [4.69, 9.17) is 14.0 Å². The zero-order valence-electron chi connectivity index (χ0n) is 16.8. The summed E-state index contributed by atoms with van der Waals surface area (Å²) in [6, 6.07) is 3.81. The van der Waals surface area contributed by atoms with Crippen LogP contribution in [0.1, 0.15) is 56.5 Å². The molecule has 152 valence electrons. The van der Waals surface area contributed by atoms with E-state index in [0.29, 0.717) is 17.5 Å². The van der Waals surface area contributed by atoms with Gasteiger partial charge in [-0.15, -0.1) is 0 Å². The van der Waals surface area contributed by atoms with E-state index >= 15 is 0 Å². The molecule has 0 bridgehead atoms. The van der Waals surface area contributed by atoms with Crippen LogP contribution < -0.4 is 4.74 Å². The van der Waals surface area contributed by atoms with E-state index in [1.807, 2.05) is 39.8 Å². The van der Waals surface area contributed by atoms with Crippen LogP contribution in [0.25, 0.3) is 11.5 Å². The van der Waals surface area contributed by atoms with Gasteiger partial charge in [0.1, 0.15) is 11.4 Å². The lowest BCUT2D eigenvalue weighted by molar-refractivity contribution is -0.154. The van der Waals surface area contributed by atoms with Gasteiger partial charge >= 0.3 is 5.97 Å². The summed E-state index contributed by atoms with van der Waals surface area (Å²) < 4.78 is 17.0. The molecular formula is C21H27BrN2O4. The fraction of sp³-hybridized carbons (Fsp3) is 0.571. The first-order valence-corrected chi connectivity index (χ1v) is 10.9. The second-order valence-corrected chi connectivity index (χ2v) is 8.14. The van der Waals surface area contributed by atoms with Crippen LogP contribution in [0.2, 0.25) is 0 Å². The molecule has 2 atom stereocenters. The molecule has 2 aromatic heterocycles. The average Bonchev–Trinajstić information content (AvgIpc) is 3.03. The zero-order valence-corrected chi connectivity index (χ0v) is 18.4. The van der Waals surface area contributed by atoms with Gasteiger partial charge < -0.3 is 14.0 Å². The molecule has 2 aromatic rings. The number of pyridine rings is 1. The number of alkyl halides is 1. The molecule has 0 radical (unpaired) electrons. The summed E-state index contributed by atoms with van der Waals surface area (Å²) in [5.74, 6) is 1.21. The van der Waals surface area contributed by atoms with Crippen LogP contribution in [0, 0.1) is 19.8 Å². The number of hydrogen-bond acceptors (Lipinski definition) is 6. The molecule has 0 unspecified atom stereocenters. The number of hydrogen-bond donors (Lipinski definition) is 0. The van der Waals surface area contributed by atoms with E-state index in [-0.39, 0.29) is 24.1 Å². The number of nitrogens with zero attached hydrogens (tertiary/aromatic N) is 2. The molecule has 1 aliphatic carbocycles. The summed E-state index contributed by atoms with van der Waals surface area (Å²) in [5.41, 5.74) is 3.38. The fourth-order valence-corrected chi connectivity index (χ4v) is 4.18. The summed E-state index contributed by atoms with van der Waals surface area (Å²) in [4.78, 5) is 16.9. The highest BCUT2D eigenvalue weighted by Crippen LogP contribution is 2.32. The van der Waals surface area contributed by atoms with Gasteiger partial charge in [0.2, 0.25) is 0 Å². The van der Waals surface area contributed by atoms with E-state index in [1.54, 1.807) is 0 Å². The second kappa shape index (κ2) is 9.07. The quantitative estimate of drug-likeness (QED) is 0.448. The normalized spacial score (nSPS) is 19.6. The van der Waals surface area contributed by atoms with Crippen molar-refractivity contribution in [3.8, 4) is 17.2 Å². The highest BCUT2D eigenvalue weighted by molar-refractivity contribution is 9.08. The molecule has 1 fully saturated rings. The number of rotatable bonds is 6. The van der Waals surface area contributed by atoms with E-state index in [2.05, 4.69) is 26.1 Å². The van der Waals surface area contributed by atoms with Crippen LogP contribution >= 0.6 is 15.9 Å². The summed E-state index contributed by atoms with van der Waals surface area (Å²) >= 11 is 3.48. The molecule has 1 saturated carbocycles. The van der Waals surface area contributed by atoms with Gasteiger partial charge in [-0.05, 0) is 65.5 Å². The van der Waals surface area contributed by atoms with Crippen molar-refractivity contribution in [1.29, 1.82) is 0 Å². The Morgan fingerprint density at radius 1 is 1.29 bits per heavy atom. The Labute approximate surface area is 174 Å². The highest BCUT2D eigenvalue weighted by atomic mass is 79.9. The van der Waals surface area contributed by atoms with Crippen LogP contribution in [0.15, 0.2) is 16.7 Å². The van der Waals surface area contributed by atoms with Gasteiger partial charge in [0.05, 0.1) is 29.5 Å². The SMILES string of the molecule is Cc1nc(-c2onc(C)c2CBr)ccc1O[C@H]1CCC[C@H](C(=O)OC(C)C)C1. The van der Waals surface area contributed by atoms with Crippen LogP contribution in [0.4, 0.5) is 0 Å². The lowest BCUT2D eigenvalue weighted by Gasteiger charge is -2.29. The minimum Gasteiger partial charge on any atom is -0.489 e. The van der Waals surface area contributed by atoms with E-state index in [0.717, 1.165) is 47.7 Å². The number of esters is 1. The number of carbonyl (C=O) groups is 1. The summed E-state index contributed by atoms with van der Waals surface area (Å²) in [6.45, 7) is 7.59. The molecule has 1 aliphatic rings. The topological polar surface area (TPSA) is 74.5 Å². The maximum absolute atomic E-state index is 12.2. The summed E-state index contributed by atoms with van der Waals surface area (Å²) in [7, 11) is 0. The first-order valence-electron chi connectivity index (χ1n) is 9.75. The smallest absolute Gasteiger partial charge is 0.309 e. The molecule has 0 saturated heterocycles. The standard InChI is InChI=1S/C21H27BrN2O4/c1-12(2)26-21(25)15-6-5-7-16(10-15)27-19-9-8-18(23-14(19)4)20-17(11-22)13(3)24-28-20/h8-9,12,15-16H,5-7,10-11H2,1-4H3/t15-,16-/m0/s1. The molecule has 7 heteroatoms. The van der Waals surface area contributed by atoms with Crippen LogP contribution in [-0.2, 0) is 14.9 Å². The zero-order chi connectivity index (χ0) is 20.3. The Hall–Kier alpha value is -1.89. The van der Waals surface area contributed by atoms with Crippen LogP contribution in [-0.4, -0.2) is 28.3 Å². The molecule has 6 nitrogen and oxygen atoms in total. The molecule has 2 heterocycles. The minimum atomic E-state index is -0.114. The maximum Gasteiger partial charge on any atom is 0.309 e. The van der Waals surface area contributed by atoms with Crippen LogP contribution in [0.5, 0.6) is 5.75 Å². The lowest BCUT2D eigenvalue weighted by atomic mass is 9.87. The van der Waals surface area contributed by atoms with Gasteiger partial charge in [0.25, 0.3) is 0 Å². The number of aryl methyl sites for hydroxylation is 2. The molecule has 0 N–H and O–H groups in total. The van der Waals surface area contributed by atoms with Gasteiger partial charge in [0, 0.05) is 10.9 Å². The maximum atomic E-state index is 12.2. The predicted molar refractivity (Wildman–Crippen MR) is 109 cm³/mol. The van der Waals surface area contributed by atoms with Crippen molar-refractivity contribution < 1.29 is 18.8 Å². The Kier molecular flexibility index (Phi) is 6.75. The van der Waals surface area contributed by atoms with Crippen molar-refractivity contribution in [2.45, 2.75) is 70.9 Å². The molecule has 28 heavy (non-hydrogen) atoms. The molecule has 3 rings (SSSR count). The lowest BCUT2D eigenvalue weighted by Crippen LogP contribution is -2.31. The number of aromatic nitrogens is 2. The fourth-order valence-electron chi connectivity index (χ4n) is 3.52. The van der Waals surface area contributed by atoms with E-state index in [9.17, 15) is 4.79 Å². The average molecular weight is 451 g/mol. The molecule has 0 aliphatic heterocycles. The van der Waals surface area contributed by atoms with Gasteiger partial charge in [-0.2, -0.15) is 0 Å². The van der Waals surface area contributed by atoms with Crippen molar-refractivity contribution >= 4 is 21.9 Å². The van der Waals surface area contributed by atoms with E-state index in [1.165, 1.54) is 0 Å². The van der Waals surface area contributed by atoms with Gasteiger partial charge in [0.15, 0.2) is 5.76 Å². The molecule has 0 spiro atoms. The number of carbonyl (C=O) groups excluding carboxylic acids is 1. The van der Waals surface area contributed by atoms with Crippen molar-refractivity contribution in [1.82, 2.24) is 10.1 Å². The molecular weight excluding hydrogens is 424 g/mol. The summed E-state index contributed by atoms with van der Waals surface area (Å²) in [6.07, 6.45) is 3.34. The molecule has 0 amide bonds. The number of ether oxygens (including phenoxy) is 2. The Morgan fingerprint density at radius 3 is 2.75 bits per heavy atom. The predicted octanol–water partition coefficient (Wildman–Crippen LogP) is 5.14. The Morgan fingerprint density at radius 2 is 2.07 bits per heavy atom. The number of halogens is 1. The van der Waals surface area contributed by atoms with E-state index < -0.39 is 0 Å². The second-order valence-electron chi connectivity index (χ2n) is 7.58. The Bertz CT molecular complexity index is 834. The van der Waals surface area contributed by atoms with Gasteiger partial charge in [-0.3, -0.25) is 4.79 Å².